The van der Waals surface area contributed by atoms with Crippen molar-refractivity contribution in [3.8, 4) is 0 Å². The normalized spacial score (nSPS) is 13.0. The molecule has 0 bridgehead atoms. The number of nitrogens with zero attached hydrogens (tertiary/aromatic N) is 2. The van der Waals surface area contributed by atoms with Gasteiger partial charge in [-0.2, -0.15) is 0 Å². The van der Waals surface area contributed by atoms with Gasteiger partial charge in [0.15, 0.2) is 0 Å². The van der Waals surface area contributed by atoms with E-state index in [1.807, 2.05) is 0 Å². The van der Waals surface area contributed by atoms with Crippen molar-refractivity contribution in [2.24, 2.45) is 5.92 Å². The smallest absolute Gasteiger partial charge is 0.306 e. The van der Waals surface area contributed by atoms with E-state index in [0.717, 1.165) is 128 Å². The quantitative estimate of drug-likeness (QED) is 0.0446. The summed E-state index contributed by atoms with van der Waals surface area (Å²) in [4.78, 5) is 44.4. The minimum atomic E-state index is 0.0167. The molecule has 0 N–H and O–H groups in total. The molecule has 0 saturated carbocycles. The van der Waals surface area contributed by atoms with E-state index in [9.17, 15) is 14.4 Å². The standard InChI is InChI=1S/C63H124N2O5/c1-9-13-17-21-29-39-50-59(48-37-19-15-11-3)69-62(67)53-42-30-24-22-27-35-46-58(65(56-44-55-64(7)8)61(66)52-41-26-18-14-10-2)47-36-28-23-25-31-43-54-63(68)70-60(49-38-20-16-12-4)51-40-33-32-34-45-57(5)6/h57-60H,9-56H2,1-8H3. The molecule has 0 aliphatic heterocycles. The summed E-state index contributed by atoms with van der Waals surface area (Å²) in [5.41, 5.74) is 0. The van der Waals surface area contributed by atoms with Crippen molar-refractivity contribution >= 4 is 17.8 Å². The van der Waals surface area contributed by atoms with Crippen LogP contribution < -0.4 is 0 Å². The molecule has 0 spiro atoms. The number of esters is 2. The molecule has 0 fully saturated rings. The third-order valence-electron chi connectivity index (χ3n) is 14.9. The minimum absolute atomic E-state index is 0.0167. The van der Waals surface area contributed by atoms with Gasteiger partial charge in [0.05, 0.1) is 0 Å². The first-order chi connectivity index (χ1) is 34.1. The van der Waals surface area contributed by atoms with E-state index >= 15 is 0 Å². The Morgan fingerprint density at radius 1 is 0.343 bits per heavy atom. The first kappa shape index (κ1) is 68.4. The van der Waals surface area contributed by atoms with Gasteiger partial charge >= 0.3 is 11.9 Å². The van der Waals surface area contributed by atoms with Gasteiger partial charge < -0.3 is 19.3 Å². The second-order valence-corrected chi connectivity index (χ2v) is 22.7. The summed E-state index contributed by atoms with van der Waals surface area (Å²) in [6.45, 7) is 15.5. The summed E-state index contributed by atoms with van der Waals surface area (Å²) >= 11 is 0. The van der Waals surface area contributed by atoms with Gasteiger partial charge in [-0.1, -0.05) is 228 Å². The number of rotatable bonds is 55. The summed E-state index contributed by atoms with van der Waals surface area (Å²) in [5.74, 6) is 1.19. The highest BCUT2D eigenvalue weighted by atomic mass is 16.5. The second-order valence-electron chi connectivity index (χ2n) is 22.7. The van der Waals surface area contributed by atoms with Gasteiger partial charge in [-0.05, 0) is 116 Å². The molecule has 7 heteroatoms. The molecule has 0 radical (unpaired) electrons. The van der Waals surface area contributed by atoms with Crippen LogP contribution >= 0.6 is 0 Å². The maximum atomic E-state index is 14.0. The van der Waals surface area contributed by atoms with Crippen molar-refractivity contribution in [3.05, 3.63) is 0 Å². The van der Waals surface area contributed by atoms with Crippen molar-refractivity contribution in [3.63, 3.8) is 0 Å². The Morgan fingerprint density at radius 3 is 1.00 bits per heavy atom. The lowest BCUT2D eigenvalue weighted by molar-refractivity contribution is -0.151. The molecule has 0 aromatic rings. The van der Waals surface area contributed by atoms with E-state index in [1.54, 1.807) is 0 Å². The molecular formula is C63H124N2O5. The maximum absolute atomic E-state index is 14.0. The Hall–Kier alpha value is -1.63. The number of amides is 1. The van der Waals surface area contributed by atoms with E-state index in [0.29, 0.717) is 31.2 Å². The molecule has 416 valence electrons. The van der Waals surface area contributed by atoms with Crippen LogP contribution in [0.1, 0.15) is 337 Å². The molecule has 3 atom stereocenters. The van der Waals surface area contributed by atoms with Crippen molar-refractivity contribution in [2.45, 2.75) is 355 Å². The highest BCUT2D eigenvalue weighted by Gasteiger charge is 2.23. The largest absolute Gasteiger partial charge is 0.462 e. The van der Waals surface area contributed by atoms with Gasteiger partial charge in [0.2, 0.25) is 5.91 Å². The third kappa shape index (κ3) is 46.2. The van der Waals surface area contributed by atoms with Crippen molar-refractivity contribution in [1.82, 2.24) is 9.80 Å². The van der Waals surface area contributed by atoms with Crippen LogP contribution in [0, 0.1) is 5.92 Å². The molecule has 1 amide bonds. The molecule has 0 aromatic carbocycles. The molecular weight excluding hydrogens is 865 g/mol. The summed E-state index contributed by atoms with van der Waals surface area (Å²) in [6, 6.07) is 0.316. The lowest BCUT2D eigenvalue weighted by atomic mass is 9.97. The highest BCUT2D eigenvalue weighted by molar-refractivity contribution is 5.76. The van der Waals surface area contributed by atoms with Gasteiger partial charge in [0, 0.05) is 31.8 Å². The van der Waals surface area contributed by atoms with Crippen LogP contribution in [0.5, 0.6) is 0 Å². The van der Waals surface area contributed by atoms with Gasteiger partial charge in [0.1, 0.15) is 12.2 Å². The van der Waals surface area contributed by atoms with Crippen LogP contribution in [0.4, 0.5) is 0 Å². The van der Waals surface area contributed by atoms with E-state index in [-0.39, 0.29) is 24.1 Å². The van der Waals surface area contributed by atoms with Crippen LogP contribution in [0.2, 0.25) is 0 Å². The summed E-state index contributed by atoms with van der Waals surface area (Å²) in [7, 11) is 4.27. The van der Waals surface area contributed by atoms with Gasteiger partial charge in [-0.25, -0.2) is 0 Å². The fourth-order valence-corrected chi connectivity index (χ4v) is 10.3. The predicted octanol–water partition coefficient (Wildman–Crippen LogP) is 19.2. The number of ether oxygens (including phenoxy) is 2. The monoisotopic (exact) mass is 989 g/mol. The van der Waals surface area contributed by atoms with Crippen LogP contribution in [-0.4, -0.2) is 73.1 Å². The number of carbonyl (C=O) groups excluding carboxylic acids is 3. The topological polar surface area (TPSA) is 76.2 Å². The first-order valence-electron chi connectivity index (χ1n) is 31.4. The minimum Gasteiger partial charge on any atom is -0.462 e. The number of hydrogen-bond acceptors (Lipinski definition) is 6. The first-order valence-corrected chi connectivity index (χ1v) is 31.4. The molecule has 70 heavy (non-hydrogen) atoms. The molecule has 0 heterocycles. The average molecular weight is 990 g/mol. The van der Waals surface area contributed by atoms with E-state index < -0.39 is 0 Å². The number of carbonyl (C=O) groups is 3. The zero-order chi connectivity index (χ0) is 51.6. The van der Waals surface area contributed by atoms with Gasteiger partial charge in [-0.15, -0.1) is 0 Å². The Kier molecular flexibility index (Phi) is 51.0. The highest BCUT2D eigenvalue weighted by Crippen LogP contribution is 2.24. The summed E-state index contributed by atoms with van der Waals surface area (Å²) in [6.07, 6.45) is 52.5. The summed E-state index contributed by atoms with van der Waals surface area (Å²) < 4.78 is 12.2. The molecule has 0 aromatic heterocycles. The van der Waals surface area contributed by atoms with E-state index in [1.165, 1.54) is 167 Å². The zero-order valence-electron chi connectivity index (χ0n) is 48.7. The van der Waals surface area contributed by atoms with E-state index in [4.69, 9.17) is 9.47 Å². The molecule has 3 unspecified atom stereocenters. The molecule has 0 aliphatic rings. The second kappa shape index (κ2) is 52.2. The van der Waals surface area contributed by atoms with Crippen LogP contribution in [-0.2, 0) is 23.9 Å². The SMILES string of the molecule is CCCCCCCCC(CCCCCC)OC(=O)CCCCCCCCC(CCCCCCCCC(=O)OC(CCCCCC)CCCCCCC(C)C)N(CCCN(C)C)C(=O)CCCCCCC. The molecule has 0 saturated heterocycles. The fourth-order valence-electron chi connectivity index (χ4n) is 10.3. The van der Waals surface area contributed by atoms with Crippen molar-refractivity contribution in [1.29, 1.82) is 0 Å². The molecule has 0 rings (SSSR count). The predicted molar refractivity (Wildman–Crippen MR) is 304 cm³/mol. The fraction of sp³-hybridized carbons (Fsp3) is 0.952. The Morgan fingerprint density at radius 2 is 0.643 bits per heavy atom. The van der Waals surface area contributed by atoms with Crippen molar-refractivity contribution in [2.75, 3.05) is 27.2 Å². The number of hydrogen-bond donors (Lipinski definition) is 0. The number of unbranched alkanes of at least 4 members (excludes halogenated alkanes) is 28. The third-order valence-corrected chi connectivity index (χ3v) is 14.9. The van der Waals surface area contributed by atoms with Gasteiger partial charge in [0.25, 0.3) is 0 Å². The molecule has 7 nitrogen and oxygen atoms in total. The Labute approximate surface area is 438 Å². The van der Waals surface area contributed by atoms with Crippen LogP contribution in [0.3, 0.4) is 0 Å². The Bertz CT molecular complexity index is 1130. The van der Waals surface area contributed by atoms with Crippen molar-refractivity contribution < 1.29 is 23.9 Å². The van der Waals surface area contributed by atoms with E-state index in [2.05, 4.69) is 65.4 Å². The average Bonchev–Trinajstić information content (AvgIpc) is 3.33. The van der Waals surface area contributed by atoms with Gasteiger partial charge in [-0.3, -0.25) is 14.4 Å². The summed E-state index contributed by atoms with van der Waals surface area (Å²) in [5, 5.41) is 0. The lowest BCUT2D eigenvalue weighted by Gasteiger charge is -2.33. The lowest BCUT2D eigenvalue weighted by Crippen LogP contribution is -2.41. The Balaban J connectivity index is 5.07. The molecule has 0 aliphatic carbocycles. The maximum Gasteiger partial charge on any atom is 0.306 e. The van der Waals surface area contributed by atoms with Crippen LogP contribution in [0.15, 0.2) is 0 Å². The zero-order valence-corrected chi connectivity index (χ0v) is 48.7. The van der Waals surface area contributed by atoms with Crippen LogP contribution in [0.25, 0.3) is 0 Å².